The maximum Gasteiger partial charge on any atom is 0.312 e. The predicted octanol–water partition coefficient (Wildman–Crippen LogP) is 3.35. The number of hydrogen-bond donors (Lipinski definition) is 1. The molecule has 1 N–H and O–H groups in total. The van der Waals surface area contributed by atoms with Gasteiger partial charge in [0.25, 0.3) is 0 Å². The number of hydrogen-bond acceptors (Lipinski definition) is 4. The summed E-state index contributed by atoms with van der Waals surface area (Å²) in [5.74, 6) is 1.15. The van der Waals surface area contributed by atoms with Gasteiger partial charge in [-0.15, -0.1) is 0 Å². The number of nitrogens with zero attached hydrogens (tertiary/aromatic N) is 2. The average Bonchev–Trinajstić information content (AvgIpc) is 2.23. The van der Waals surface area contributed by atoms with Crippen molar-refractivity contribution in [2.45, 2.75) is 25.7 Å². The highest BCUT2D eigenvalue weighted by Crippen LogP contribution is 2.30. The molecule has 1 aliphatic rings. The van der Waals surface area contributed by atoms with Crippen LogP contribution in [-0.2, 0) is 0 Å². The third kappa shape index (κ3) is 3.15. The zero-order valence-corrected chi connectivity index (χ0v) is 10.9. The summed E-state index contributed by atoms with van der Waals surface area (Å²) >= 11 is 3.18. The Morgan fingerprint density at radius 2 is 2.35 bits per heavy atom. The highest BCUT2D eigenvalue weighted by atomic mass is 79.9. The summed E-state index contributed by atoms with van der Waals surface area (Å²) in [4.78, 5) is 14.5. The van der Waals surface area contributed by atoms with Crippen LogP contribution in [0.2, 0.25) is 0 Å². The predicted molar refractivity (Wildman–Crippen MR) is 69.0 cm³/mol. The van der Waals surface area contributed by atoms with E-state index in [0.29, 0.717) is 10.3 Å². The molecule has 0 bridgehead atoms. The van der Waals surface area contributed by atoms with Crippen LogP contribution in [0.4, 0.5) is 11.5 Å². The molecule has 1 aromatic rings. The molecule has 0 radical (unpaired) electrons. The highest BCUT2D eigenvalue weighted by molar-refractivity contribution is 9.10. The van der Waals surface area contributed by atoms with Gasteiger partial charge in [-0.25, -0.2) is 4.98 Å². The Morgan fingerprint density at radius 3 is 2.94 bits per heavy atom. The van der Waals surface area contributed by atoms with Crippen LogP contribution in [0.3, 0.4) is 0 Å². The van der Waals surface area contributed by atoms with Gasteiger partial charge < -0.3 is 5.32 Å². The SMILES string of the molecule is O=[N+]([O-])c1cc(Br)cnc1NCCC1CCC1. The fraction of sp³-hybridized carbons (Fsp3) is 0.545. The Bertz CT molecular complexity index is 421. The van der Waals surface area contributed by atoms with Crippen LogP contribution in [0.1, 0.15) is 25.7 Å². The smallest absolute Gasteiger partial charge is 0.312 e. The van der Waals surface area contributed by atoms with Crippen LogP contribution in [-0.4, -0.2) is 16.5 Å². The highest BCUT2D eigenvalue weighted by Gasteiger charge is 2.18. The van der Waals surface area contributed by atoms with Crippen LogP contribution >= 0.6 is 15.9 Å². The van der Waals surface area contributed by atoms with Crippen LogP contribution in [0.25, 0.3) is 0 Å². The second kappa shape index (κ2) is 5.44. The van der Waals surface area contributed by atoms with Gasteiger partial charge in [-0.1, -0.05) is 19.3 Å². The van der Waals surface area contributed by atoms with E-state index in [0.717, 1.165) is 18.9 Å². The Hall–Kier alpha value is -1.17. The van der Waals surface area contributed by atoms with Crippen molar-refractivity contribution in [3.8, 4) is 0 Å². The van der Waals surface area contributed by atoms with Gasteiger partial charge in [-0.3, -0.25) is 10.1 Å². The third-order valence-corrected chi connectivity index (χ3v) is 3.53. The van der Waals surface area contributed by atoms with E-state index in [1.165, 1.54) is 25.3 Å². The largest absolute Gasteiger partial charge is 0.364 e. The zero-order chi connectivity index (χ0) is 12.3. The second-order valence-electron chi connectivity index (χ2n) is 4.29. The number of nitrogens with one attached hydrogen (secondary N) is 1. The van der Waals surface area contributed by atoms with E-state index in [1.54, 1.807) is 6.20 Å². The van der Waals surface area contributed by atoms with Crippen molar-refractivity contribution in [2.75, 3.05) is 11.9 Å². The lowest BCUT2D eigenvalue weighted by Gasteiger charge is -2.25. The van der Waals surface area contributed by atoms with E-state index in [1.807, 2.05) is 0 Å². The van der Waals surface area contributed by atoms with E-state index >= 15 is 0 Å². The molecule has 1 heterocycles. The van der Waals surface area contributed by atoms with Crippen molar-refractivity contribution in [2.24, 2.45) is 5.92 Å². The Morgan fingerprint density at radius 1 is 1.59 bits per heavy atom. The van der Waals surface area contributed by atoms with Crippen molar-refractivity contribution in [3.05, 3.63) is 26.9 Å². The standard InChI is InChI=1S/C11H14BrN3O2/c12-9-6-10(15(16)17)11(14-7-9)13-5-4-8-2-1-3-8/h6-8H,1-5H2,(H,13,14). The van der Waals surface area contributed by atoms with Crippen LogP contribution < -0.4 is 5.32 Å². The summed E-state index contributed by atoms with van der Waals surface area (Å²) in [5, 5.41) is 13.9. The first-order valence-electron chi connectivity index (χ1n) is 5.70. The number of rotatable bonds is 5. The molecule has 0 spiro atoms. The van der Waals surface area contributed by atoms with Gasteiger partial charge in [0.1, 0.15) is 0 Å². The molecule has 0 aliphatic heterocycles. The van der Waals surface area contributed by atoms with Gasteiger partial charge in [0.15, 0.2) is 0 Å². The molecule has 5 nitrogen and oxygen atoms in total. The molecular formula is C11H14BrN3O2. The quantitative estimate of drug-likeness (QED) is 0.669. The molecule has 92 valence electrons. The zero-order valence-electron chi connectivity index (χ0n) is 9.36. The van der Waals surface area contributed by atoms with E-state index in [9.17, 15) is 10.1 Å². The van der Waals surface area contributed by atoms with Crippen molar-refractivity contribution in [3.63, 3.8) is 0 Å². The molecule has 0 saturated heterocycles. The fourth-order valence-corrected chi connectivity index (χ4v) is 2.20. The van der Waals surface area contributed by atoms with Gasteiger partial charge in [0.05, 0.1) is 4.92 Å². The molecule has 6 heteroatoms. The van der Waals surface area contributed by atoms with E-state index in [-0.39, 0.29) is 5.69 Å². The maximum atomic E-state index is 10.8. The monoisotopic (exact) mass is 299 g/mol. The first-order valence-corrected chi connectivity index (χ1v) is 6.50. The van der Waals surface area contributed by atoms with Gasteiger partial charge >= 0.3 is 5.69 Å². The maximum absolute atomic E-state index is 10.8. The number of halogens is 1. The van der Waals surface area contributed by atoms with Crippen LogP contribution in [0, 0.1) is 16.0 Å². The molecule has 0 unspecified atom stereocenters. The molecule has 0 aromatic carbocycles. The van der Waals surface area contributed by atoms with Gasteiger partial charge in [0.2, 0.25) is 5.82 Å². The number of pyridine rings is 1. The summed E-state index contributed by atoms with van der Waals surface area (Å²) in [6.07, 6.45) is 6.53. The Labute approximate surface area is 108 Å². The molecule has 0 amide bonds. The summed E-state index contributed by atoms with van der Waals surface area (Å²) in [6, 6.07) is 1.47. The van der Waals surface area contributed by atoms with Gasteiger partial charge in [-0.2, -0.15) is 0 Å². The second-order valence-corrected chi connectivity index (χ2v) is 5.21. The minimum Gasteiger partial charge on any atom is -0.364 e. The topological polar surface area (TPSA) is 68.1 Å². The Balaban J connectivity index is 1.96. The van der Waals surface area contributed by atoms with Crippen molar-refractivity contribution in [1.82, 2.24) is 4.98 Å². The van der Waals surface area contributed by atoms with Crippen LogP contribution in [0.5, 0.6) is 0 Å². The molecule has 1 saturated carbocycles. The van der Waals surface area contributed by atoms with Crippen molar-refractivity contribution < 1.29 is 4.92 Å². The molecule has 2 rings (SSSR count). The summed E-state index contributed by atoms with van der Waals surface area (Å²) < 4.78 is 0.619. The first-order chi connectivity index (χ1) is 8.16. The lowest BCUT2D eigenvalue weighted by molar-refractivity contribution is -0.384. The normalized spacial score (nSPS) is 15.4. The molecule has 1 fully saturated rings. The minimum atomic E-state index is -0.413. The molecule has 17 heavy (non-hydrogen) atoms. The van der Waals surface area contributed by atoms with Crippen molar-refractivity contribution >= 4 is 27.4 Å². The molecular weight excluding hydrogens is 286 g/mol. The Kier molecular flexibility index (Phi) is 3.93. The minimum absolute atomic E-state index is 0.0213. The summed E-state index contributed by atoms with van der Waals surface area (Å²) in [7, 11) is 0. The lowest BCUT2D eigenvalue weighted by Crippen LogP contribution is -2.16. The van der Waals surface area contributed by atoms with E-state index < -0.39 is 4.92 Å². The number of nitro groups is 1. The third-order valence-electron chi connectivity index (χ3n) is 3.10. The molecule has 0 atom stereocenters. The van der Waals surface area contributed by atoms with Crippen molar-refractivity contribution in [1.29, 1.82) is 0 Å². The van der Waals surface area contributed by atoms with E-state index in [4.69, 9.17) is 0 Å². The van der Waals surface area contributed by atoms with E-state index in [2.05, 4.69) is 26.2 Å². The first kappa shape index (κ1) is 12.3. The molecule has 1 aromatic heterocycles. The number of anilines is 1. The lowest BCUT2D eigenvalue weighted by atomic mass is 9.83. The fourth-order valence-electron chi connectivity index (χ4n) is 1.88. The van der Waals surface area contributed by atoms with Gasteiger partial charge in [-0.05, 0) is 28.3 Å². The number of aromatic nitrogens is 1. The summed E-state index contributed by atoms with van der Waals surface area (Å²) in [6.45, 7) is 0.750. The van der Waals surface area contributed by atoms with Crippen LogP contribution in [0.15, 0.2) is 16.7 Å². The average molecular weight is 300 g/mol. The summed E-state index contributed by atoms with van der Waals surface area (Å²) in [5.41, 5.74) is 0.0213. The van der Waals surface area contributed by atoms with Gasteiger partial charge in [0, 0.05) is 23.3 Å². The molecule has 1 aliphatic carbocycles.